The first-order valence-electron chi connectivity index (χ1n) is 6.85. The van der Waals surface area contributed by atoms with Crippen molar-refractivity contribution >= 4 is 11.6 Å². The summed E-state index contributed by atoms with van der Waals surface area (Å²) in [5.41, 5.74) is 1.52. The Hall–Kier alpha value is -1.43. The summed E-state index contributed by atoms with van der Waals surface area (Å²) in [6.45, 7) is 0.750. The van der Waals surface area contributed by atoms with Crippen molar-refractivity contribution in [2.45, 2.75) is 25.2 Å². The van der Waals surface area contributed by atoms with Gasteiger partial charge >= 0.3 is 0 Å². The maximum atomic E-state index is 13.4. The van der Waals surface area contributed by atoms with Crippen molar-refractivity contribution < 1.29 is 13.9 Å². The van der Waals surface area contributed by atoms with Gasteiger partial charge in [-0.15, -0.1) is 0 Å². The van der Waals surface area contributed by atoms with Crippen molar-refractivity contribution in [2.75, 3.05) is 13.2 Å². The van der Waals surface area contributed by atoms with E-state index in [1.165, 1.54) is 0 Å². The Balaban J connectivity index is 1.73. The van der Waals surface area contributed by atoms with Gasteiger partial charge in [0.2, 0.25) is 5.89 Å². The van der Waals surface area contributed by atoms with Crippen LogP contribution >= 0.6 is 11.6 Å². The lowest BCUT2D eigenvalue weighted by atomic mass is 10.2. The molecule has 0 unspecified atom stereocenters. The average molecular weight is 311 g/mol. The second-order valence-electron chi connectivity index (χ2n) is 5.25. The fourth-order valence-corrected chi connectivity index (χ4v) is 2.84. The number of oxazole rings is 1. The molecule has 1 aliphatic rings. The van der Waals surface area contributed by atoms with Gasteiger partial charge in [0, 0.05) is 29.7 Å². The van der Waals surface area contributed by atoms with Crippen molar-refractivity contribution in [3.8, 4) is 11.5 Å². The van der Waals surface area contributed by atoms with Crippen LogP contribution in [-0.2, 0) is 6.54 Å². The Kier molecular flexibility index (Phi) is 4.24. The summed E-state index contributed by atoms with van der Waals surface area (Å²) in [4.78, 5) is 6.30. The topological polar surface area (TPSA) is 49.5 Å². The molecule has 1 aromatic heterocycles. The molecule has 1 aliphatic heterocycles. The van der Waals surface area contributed by atoms with Gasteiger partial charge in [0.1, 0.15) is 12.4 Å². The second kappa shape index (κ2) is 6.13. The Morgan fingerprint density at radius 3 is 3.10 bits per heavy atom. The van der Waals surface area contributed by atoms with Crippen LogP contribution in [0.4, 0.5) is 4.39 Å². The summed E-state index contributed by atoms with van der Waals surface area (Å²) in [6.07, 6.45) is 1.05. The molecule has 2 heterocycles. The minimum atomic E-state index is -0.888. The standard InChI is InChI=1S/C15H16ClFN2O2/c16-11-3-1-2-10(4-11)15-18-13(9-21-15)7-19-6-12(17)5-14(19)8-20/h1-4,9,12,14,20H,5-8H2/t12-,14-/m0/s1. The normalized spacial score (nSPS) is 22.8. The molecule has 0 bridgehead atoms. The molecule has 0 aliphatic carbocycles. The molecule has 0 spiro atoms. The van der Waals surface area contributed by atoms with Crippen molar-refractivity contribution in [1.82, 2.24) is 9.88 Å². The van der Waals surface area contributed by atoms with E-state index in [4.69, 9.17) is 16.0 Å². The number of aliphatic hydroxyl groups excluding tert-OH is 1. The van der Waals surface area contributed by atoms with Crippen molar-refractivity contribution in [2.24, 2.45) is 0 Å². The van der Waals surface area contributed by atoms with Gasteiger partial charge in [-0.05, 0) is 24.6 Å². The third kappa shape index (κ3) is 3.26. The molecule has 0 radical (unpaired) electrons. The Morgan fingerprint density at radius 2 is 2.33 bits per heavy atom. The summed E-state index contributed by atoms with van der Waals surface area (Å²) in [7, 11) is 0. The lowest BCUT2D eigenvalue weighted by Crippen LogP contribution is -2.31. The minimum Gasteiger partial charge on any atom is -0.444 e. The van der Waals surface area contributed by atoms with Crippen LogP contribution in [0.3, 0.4) is 0 Å². The fourth-order valence-electron chi connectivity index (χ4n) is 2.65. The smallest absolute Gasteiger partial charge is 0.226 e. The van der Waals surface area contributed by atoms with Gasteiger partial charge in [-0.1, -0.05) is 17.7 Å². The van der Waals surface area contributed by atoms with Crippen LogP contribution in [0.2, 0.25) is 5.02 Å². The molecule has 1 saturated heterocycles. The summed E-state index contributed by atoms with van der Waals surface area (Å²) in [6, 6.07) is 7.11. The molecule has 112 valence electrons. The average Bonchev–Trinajstić information content (AvgIpc) is 3.06. The molecule has 3 rings (SSSR count). The largest absolute Gasteiger partial charge is 0.444 e. The first-order valence-corrected chi connectivity index (χ1v) is 7.23. The van der Waals surface area contributed by atoms with Crippen LogP contribution in [0.1, 0.15) is 12.1 Å². The number of rotatable bonds is 4. The number of likely N-dealkylation sites (tertiary alicyclic amines) is 1. The molecule has 2 aromatic rings. The quantitative estimate of drug-likeness (QED) is 0.943. The van der Waals surface area contributed by atoms with Crippen molar-refractivity contribution in [1.29, 1.82) is 0 Å². The summed E-state index contributed by atoms with van der Waals surface area (Å²) < 4.78 is 18.9. The lowest BCUT2D eigenvalue weighted by Gasteiger charge is -2.20. The zero-order valence-corrected chi connectivity index (χ0v) is 12.1. The highest BCUT2D eigenvalue weighted by Crippen LogP contribution is 2.25. The molecule has 0 saturated carbocycles. The second-order valence-corrected chi connectivity index (χ2v) is 5.69. The Morgan fingerprint density at radius 1 is 1.48 bits per heavy atom. The summed E-state index contributed by atoms with van der Waals surface area (Å²) in [5.74, 6) is 0.490. The zero-order chi connectivity index (χ0) is 14.8. The number of aromatic nitrogens is 1. The molecule has 21 heavy (non-hydrogen) atoms. The van der Waals surface area contributed by atoms with Crippen LogP contribution in [0, 0.1) is 0 Å². The van der Waals surface area contributed by atoms with Gasteiger partial charge in [0.05, 0.1) is 12.3 Å². The van der Waals surface area contributed by atoms with E-state index in [9.17, 15) is 9.50 Å². The molecular formula is C15H16ClFN2O2. The van der Waals surface area contributed by atoms with Crippen LogP contribution in [0.5, 0.6) is 0 Å². The Labute approximate surface area is 127 Å². The first-order chi connectivity index (χ1) is 10.2. The van der Waals surface area contributed by atoms with E-state index in [2.05, 4.69) is 4.98 Å². The molecule has 1 aromatic carbocycles. The zero-order valence-electron chi connectivity index (χ0n) is 11.4. The molecular weight excluding hydrogens is 295 g/mol. The van der Waals surface area contributed by atoms with Gasteiger partial charge in [-0.2, -0.15) is 0 Å². The van der Waals surface area contributed by atoms with E-state index in [1.54, 1.807) is 18.4 Å². The van der Waals surface area contributed by atoms with Crippen LogP contribution < -0.4 is 0 Å². The predicted molar refractivity (Wildman–Crippen MR) is 77.7 cm³/mol. The number of hydrogen-bond acceptors (Lipinski definition) is 4. The van der Waals surface area contributed by atoms with E-state index in [0.29, 0.717) is 30.4 Å². The van der Waals surface area contributed by atoms with E-state index in [1.807, 2.05) is 17.0 Å². The molecule has 4 nitrogen and oxygen atoms in total. The van der Waals surface area contributed by atoms with Crippen LogP contribution in [-0.4, -0.2) is 40.4 Å². The number of hydrogen-bond donors (Lipinski definition) is 1. The van der Waals surface area contributed by atoms with Gasteiger partial charge in [-0.3, -0.25) is 4.90 Å². The van der Waals surface area contributed by atoms with E-state index < -0.39 is 6.17 Å². The highest BCUT2D eigenvalue weighted by atomic mass is 35.5. The number of alkyl halides is 1. The first kappa shape index (κ1) is 14.5. The fraction of sp³-hybridized carbons (Fsp3) is 0.400. The monoisotopic (exact) mass is 310 g/mol. The molecule has 2 atom stereocenters. The SMILES string of the molecule is OC[C@@H]1C[C@H](F)CN1Cc1coc(-c2cccc(Cl)c2)n1. The third-order valence-corrected chi connectivity index (χ3v) is 3.91. The molecule has 1 fully saturated rings. The number of halogens is 2. The van der Waals surface area contributed by atoms with Gasteiger partial charge < -0.3 is 9.52 Å². The maximum absolute atomic E-state index is 13.4. The van der Waals surface area contributed by atoms with E-state index in [0.717, 1.165) is 11.3 Å². The van der Waals surface area contributed by atoms with E-state index >= 15 is 0 Å². The van der Waals surface area contributed by atoms with Gasteiger partial charge in [0.25, 0.3) is 0 Å². The van der Waals surface area contributed by atoms with Crippen LogP contribution in [0.25, 0.3) is 11.5 Å². The van der Waals surface area contributed by atoms with Gasteiger partial charge in [-0.25, -0.2) is 9.37 Å². The summed E-state index contributed by atoms with van der Waals surface area (Å²) in [5, 5.41) is 9.90. The number of nitrogens with zero attached hydrogens (tertiary/aromatic N) is 2. The van der Waals surface area contributed by atoms with Crippen molar-refractivity contribution in [3.05, 3.63) is 41.2 Å². The van der Waals surface area contributed by atoms with Crippen molar-refractivity contribution in [3.63, 3.8) is 0 Å². The summed E-state index contributed by atoms with van der Waals surface area (Å²) >= 11 is 5.95. The number of aliphatic hydroxyl groups is 1. The number of benzene rings is 1. The van der Waals surface area contributed by atoms with Crippen LogP contribution in [0.15, 0.2) is 34.9 Å². The Bertz CT molecular complexity index is 619. The minimum absolute atomic E-state index is 0.0422. The van der Waals surface area contributed by atoms with Gasteiger partial charge in [0.15, 0.2) is 0 Å². The molecule has 1 N–H and O–H groups in total. The van der Waals surface area contributed by atoms with E-state index in [-0.39, 0.29) is 12.6 Å². The molecule has 0 amide bonds. The lowest BCUT2D eigenvalue weighted by molar-refractivity contribution is 0.152. The molecule has 6 heteroatoms. The maximum Gasteiger partial charge on any atom is 0.226 e. The predicted octanol–water partition coefficient (Wildman–Crippen LogP) is 2.90. The third-order valence-electron chi connectivity index (χ3n) is 3.68. The highest BCUT2D eigenvalue weighted by molar-refractivity contribution is 6.30. The highest BCUT2D eigenvalue weighted by Gasteiger charge is 2.31.